The summed E-state index contributed by atoms with van der Waals surface area (Å²) in [6.45, 7) is 6.96. The molecule has 0 aromatic rings. The van der Waals surface area contributed by atoms with E-state index in [1.54, 1.807) is 0 Å². The van der Waals surface area contributed by atoms with Crippen molar-refractivity contribution in [3.63, 3.8) is 0 Å². The number of nitrogens with zero attached hydrogens (tertiary/aromatic N) is 2. The van der Waals surface area contributed by atoms with Crippen molar-refractivity contribution in [2.45, 2.75) is 51.5 Å². The number of rotatable bonds is 3. The van der Waals surface area contributed by atoms with Gasteiger partial charge in [0.15, 0.2) is 0 Å². The number of hydrogen-bond acceptors (Lipinski definition) is 2. The molecule has 0 bridgehead atoms. The summed E-state index contributed by atoms with van der Waals surface area (Å²) in [6.07, 6.45) is 7.49. The standard InChI is InChI=1S/C13H25N3/c1-2-6-13(14)16-10-7-12(11-16)15-8-4-3-5-9-15/h12,14H,2-11H2,1H3. The zero-order valence-electron chi connectivity index (χ0n) is 10.5. The predicted octanol–water partition coefficient (Wildman–Crippen LogP) is 2.32. The van der Waals surface area contributed by atoms with Crippen molar-refractivity contribution >= 4 is 5.84 Å². The Labute approximate surface area is 99.3 Å². The molecule has 2 fully saturated rings. The first-order valence-corrected chi connectivity index (χ1v) is 6.87. The maximum absolute atomic E-state index is 8.00. The van der Waals surface area contributed by atoms with Crippen LogP contribution in [0.2, 0.25) is 0 Å². The third-order valence-corrected chi connectivity index (χ3v) is 3.94. The number of likely N-dealkylation sites (tertiary alicyclic amines) is 2. The number of nitrogens with one attached hydrogen (secondary N) is 1. The molecule has 0 aromatic heterocycles. The smallest absolute Gasteiger partial charge is 0.0958 e. The van der Waals surface area contributed by atoms with Gasteiger partial charge in [-0.25, -0.2) is 0 Å². The van der Waals surface area contributed by atoms with Crippen LogP contribution in [0.15, 0.2) is 0 Å². The third-order valence-electron chi connectivity index (χ3n) is 3.94. The highest BCUT2D eigenvalue weighted by Crippen LogP contribution is 2.20. The third kappa shape index (κ3) is 2.76. The van der Waals surface area contributed by atoms with Crippen LogP contribution in [0.5, 0.6) is 0 Å². The van der Waals surface area contributed by atoms with Gasteiger partial charge in [-0.2, -0.15) is 0 Å². The van der Waals surface area contributed by atoms with Gasteiger partial charge < -0.3 is 4.90 Å². The molecule has 1 atom stereocenters. The Kier molecular flexibility index (Phi) is 4.22. The van der Waals surface area contributed by atoms with E-state index in [0.29, 0.717) is 0 Å². The lowest BCUT2D eigenvalue weighted by Crippen LogP contribution is -2.41. The van der Waals surface area contributed by atoms with E-state index in [0.717, 1.165) is 37.8 Å². The lowest BCUT2D eigenvalue weighted by Gasteiger charge is -2.32. The highest BCUT2D eigenvalue weighted by molar-refractivity contribution is 5.79. The summed E-state index contributed by atoms with van der Waals surface area (Å²) in [5.74, 6) is 0.863. The van der Waals surface area contributed by atoms with Crippen molar-refractivity contribution in [1.29, 1.82) is 5.41 Å². The number of hydrogen-bond donors (Lipinski definition) is 1. The molecule has 0 aliphatic carbocycles. The van der Waals surface area contributed by atoms with Gasteiger partial charge in [0.2, 0.25) is 0 Å². The van der Waals surface area contributed by atoms with Crippen LogP contribution in [0.25, 0.3) is 0 Å². The molecular formula is C13H25N3. The number of piperidine rings is 1. The Morgan fingerprint density at radius 1 is 1.19 bits per heavy atom. The molecule has 2 heterocycles. The second kappa shape index (κ2) is 5.67. The van der Waals surface area contributed by atoms with Crippen LogP contribution in [0.1, 0.15) is 45.4 Å². The summed E-state index contributed by atoms with van der Waals surface area (Å²) in [5.41, 5.74) is 0. The lowest BCUT2D eigenvalue weighted by molar-refractivity contribution is 0.169. The molecule has 0 aromatic carbocycles. The van der Waals surface area contributed by atoms with E-state index in [1.807, 2.05) is 0 Å². The summed E-state index contributed by atoms with van der Waals surface area (Å²) in [5, 5.41) is 8.00. The maximum atomic E-state index is 8.00. The SMILES string of the molecule is CCCC(=N)N1CCC(N2CCCCC2)C1. The molecule has 3 heteroatoms. The molecule has 0 radical (unpaired) electrons. The summed E-state index contributed by atoms with van der Waals surface area (Å²) in [4.78, 5) is 4.95. The van der Waals surface area contributed by atoms with Crippen molar-refractivity contribution < 1.29 is 0 Å². The minimum Gasteiger partial charge on any atom is -0.359 e. The van der Waals surface area contributed by atoms with Crippen LogP contribution in [-0.2, 0) is 0 Å². The van der Waals surface area contributed by atoms with Crippen LogP contribution in [-0.4, -0.2) is 47.9 Å². The van der Waals surface area contributed by atoms with E-state index >= 15 is 0 Å². The Bertz CT molecular complexity index is 233. The fourth-order valence-corrected chi connectivity index (χ4v) is 2.96. The molecule has 1 N–H and O–H groups in total. The maximum Gasteiger partial charge on any atom is 0.0958 e. The Balaban J connectivity index is 1.80. The molecule has 16 heavy (non-hydrogen) atoms. The van der Waals surface area contributed by atoms with Crippen molar-refractivity contribution in [3.8, 4) is 0 Å². The molecular weight excluding hydrogens is 198 g/mol. The molecule has 2 aliphatic rings. The van der Waals surface area contributed by atoms with Gasteiger partial charge in [0, 0.05) is 25.6 Å². The average Bonchev–Trinajstić information content (AvgIpc) is 2.80. The Morgan fingerprint density at radius 3 is 2.62 bits per heavy atom. The molecule has 92 valence electrons. The molecule has 2 rings (SSSR count). The van der Waals surface area contributed by atoms with Crippen LogP contribution in [0.3, 0.4) is 0 Å². The fraction of sp³-hybridized carbons (Fsp3) is 0.923. The second-order valence-electron chi connectivity index (χ2n) is 5.18. The highest BCUT2D eigenvalue weighted by atomic mass is 15.3. The van der Waals surface area contributed by atoms with E-state index in [4.69, 9.17) is 5.41 Å². The zero-order chi connectivity index (χ0) is 11.4. The number of amidine groups is 1. The van der Waals surface area contributed by atoms with Gasteiger partial charge in [0.25, 0.3) is 0 Å². The fourth-order valence-electron chi connectivity index (χ4n) is 2.96. The normalized spacial score (nSPS) is 27.3. The Hall–Kier alpha value is -0.570. The van der Waals surface area contributed by atoms with Crippen LogP contribution in [0, 0.1) is 5.41 Å². The van der Waals surface area contributed by atoms with Crippen molar-refractivity contribution in [2.75, 3.05) is 26.2 Å². The molecule has 2 aliphatic heterocycles. The van der Waals surface area contributed by atoms with E-state index in [-0.39, 0.29) is 0 Å². The molecule has 0 saturated carbocycles. The Morgan fingerprint density at radius 2 is 1.94 bits per heavy atom. The predicted molar refractivity (Wildman–Crippen MR) is 68.0 cm³/mol. The topological polar surface area (TPSA) is 30.3 Å². The first-order valence-electron chi connectivity index (χ1n) is 6.87. The molecule has 3 nitrogen and oxygen atoms in total. The quantitative estimate of drug-likeness (QED) is 0.588. The van der Waals surface area contributed by atoms with Crippen molar-refractivity contribution in [3.05, 3.63) is 0 Å². The largest absolute Gasteiger partial charge is 0.359 e. The second-order valence-corrected chi connectivity index (χ2v) is 5.18. The van der Waals surface area contributed by atoms with Crippen molar-refractivity contribution in [2.24, 2.45) is 0 Å². The van der Waals surface area contributed by atoms with E-state index in [1.165, 1.54) is 38.8 Å². The van der Waals surface area contributed by atoms with E-state index in [2.05, 4.69) is 16.7 Å². The average molecular weight is 223 g/mol. The van der Waals surface area contributed by atoms with Gasteiger partial charge >= 0.3 is 0 Å². The molecule has 0 spiro atoms. The lowest BCUT2D eigenvalue weighted by atomic mass is 10.1. The molecule has 0 amide bonds. The van der Waals surface area contributed by atoms with Gasteiger partial charge in [0.05, 0.1) is 5.84 Å². The minimum absolute atomic E-state index is 0.734. The van der Waals surface area contributed by atoms with Crippen molar-refractivity contribution in [1.82, 2.24) is 9.80 Å². The van der Waals surface area contributed by atoms with Gasteiger partial charge in [-0.3, -0.25) is 10.3 Å². The summed E-state index contributed by atoms with van der Waals surface area (Å²) < 4.78 is 0. The van der Waals surface area contributed by atoms with Gasteiger partial charge in [-0.15, -0.1) is 0 Å². The van der Waals surface area contributed by atoms with Gasteiger partial charge in [-0.1, -0.05) is 13.3 Å². The minimum atomic E-state index is 0.734. The first-order chi connectivity index (χ1) is 7.81. The van der Waals surface area contributed by atoms with Crippen LogP contribution >= 0.6 is 0 Å². The van der Waals surface area contributed by atoms with Gasteiger partial charge in [0.1, 0.15) is 0 Å². The van der Waals surface area contributed by atoms with E-state index < -0.39 is 0 Å². The summed E-state index contributed by atoms with van der Waals surface area (Å²) in [6, 6.07) is 0.734. The van der Waals surface area contributed by atoms with Crippen LogP contribution < -0.4 is 0 Å². The zero-order valence-corrected chi connectivity index (χ0v) is 10.5. The summed E-state index contributed by atoms with van der Waals surface area (Å²) >= 11 is 0. The van der Waals surface area contributed by atoms with Crippen LogP contribution in [0.4, 0.5) is 0 Å². The first kappa shape index (κ1) is 11.9. The monoisotopic (exact) mass is 223 g/mol. The van der Waals surface area contributed by atoms with E-state index in [9.17, 15) is 0 Å². The molecule has 2 saturated heterocycles. The highest BCUT2D eigenvalue weighted by Gasteiger charge is 2.29. The van der Waals surface area contributed by atoms with Gasteiger partial charge in [-0.05, 0) is 38.8 Å². The summed E-state index contributed by atoms with van der Waals surface area (Å²) in [7, 11) is 0. The molecule has 1 unspecified atom stereocenters.